The van der Waals surface area contributed by atoms with Crippen molar-refractivity contribution in [3.63, 3.8) is 0 Å². The number of para-hydroxylation sites is 1. The van der Waals surface area contributed by atoms with Crippen molar-refractivity contribution in [1.82, 2.24) is 0 Å². The molecule has 0 saturated carbocycles. The smallest absolute Gasteiger partial charge is 0.279 e. The van der Waals surface area contributed by atoms with E-state index in [1.807, 2.05) is 30.4 Å². The van der Waals surface area contributed by atoms with Crippen molar-refractivity contribution < 1.29 is 23.1 Å². The summed E-state index contributed by atoms with van der Waals surface area (Å²) in [5, 5.41) is 10.4. The SMILES string of the molecule is CCCC1=CC=C(C2CC(O)=CC(S(=O)(=O)Nc3ccccc3CC(C)(C)C=O)=N2)C(CCc2ccccc2)O1. The third-order valence-corrected chi connectivity index (χ3v) is 8.29. The van der Waals surface area contributed by atoms with Crippen LogP contribution < -0.4 is 4.72 Å². The lowest BCUT2D eigenvalue weighted by atomic mass is 9.87. The summed E-state index contributed by atoms with van der Waals surface area (Å²) in [7, 11) is -4.13. The first-order chi connectivity index (χ1) is 19.1. The van der Waals surface area contributed by atoms with E-state index in [0.29, 0.717) is 24.1 Å². The van der Waals surface area contributed by atoms with Gasteiger partial charge in [-0.3, -0.25) is 9.71 Å². The van der Waals surface area contributed by atoms with Crippen molar-refractivity contribution in [2.75, 3.05) is 4.72 Å². The highest BCUT2D eigenvalue weighted by Gasteiger charge is 2.33. The molecule has 2 aromatic rings. The van der Waals surface area contributed by atoms with Crippen LogP contribution in [0, 0.1) is 5.41 Å². The van der Waals surface area contributed by atoms with Crippen molar-refractivity contribution in [1.29, 1.82) is 0 Å². The highest BCUT2D eigenvalue weighted by molar-refractivity contribution is 8.07. The molecule has 2 atom stereocenters. The zero-order valence-corrected chi connectivity index (χ0v) is 24.2. The molecule has 40 heavy (non-hydrogen) atoms. The molecular formula is C32H38N2O5S. The second-order valence-electron chi connectivity index (χ2n) is 11.0. The van der Waals surface area contributed by atoms with Crippen LogP contribution in [0.15, 0.2) is 94.9 Å². The Morgan fingerprint density at radius 1 is 1.07 bits per heavy atom. The van der Waals surface area contributed by atoms with Crippen molar-refractivity contribution in [2.45, 2.75) is 71.4 Å². The predicted octanol–water partition coefficient (Wildman–Crippen LogP) is 6.45. The molecule has 0 bridgehead atoms. The average molecular weight is 563 g/mol. The van der Waals surface area contributed by atoms with E-state index in [9.17, 15) is 18.3 Å². The lowest BCUT2D eigenvalue weighted by Gasteiger charge is -2.31. The first kappa shape index (κ1) is 29.3. The summed E-state index contributed by atoms with van der Waals surface area (Å²) in [4.78, 5) is 16.1. The number of benzene rings is 2. The molecule has 2 unspecified atom stereocenters. The lowest BCUT2D eigenvalue weighted by Crippen LogP contribution is -2.32. The molecule has 0 aromatic heterocycles. The molecule has 2 aliphatic rings. The fraction of sp³-hybridized carbons (Fsp3) is 0.375. The molecule has 0 spiro atoms. The van der Waals surface area contributed by atoms with Gasteiger partial charge in [0, 0.05) is 24.3 Å². The quantitative estimate of drug-likeness (QED) is 0.306. The van der Waals surface area contributed by atoms with Crippen molar-refractivity contribution in [3.05, 3.63) is 101 Å². The number of hydrogen-bond acceptors (Lipinski definition) is 6. The van der Waals surface area contributed by atoms with Gasteiger partial charge in [0.2, 0.25) is 0 Å². The van der Waals surface area contributed by atoms with Crippen LogP contribution in [-0.2, 0) is 32.4 Å². The Morgan fingerprint density at radius 3 is 2.52 bits per heavy atom. The van der Waals surface area contributed by atoms with Crippen molar-refractivity contribution in [3.8, 4) is 0 Å². The Kier molecular flexibility index (Phi) is 9.30. The van der Waals surface area contributed by atoms with Gasteiger partial charge in [0.05, 0.1) is 23.2 Å². The number of allylic oxidation sites excluding steroid dienone is 3. The average Bonchev–Trinajstić information content (AvgIpc) is 2.93. The third-order valence-electron chi connectivity index (χ3n) is 7.02. The number of aliphatic imine (C=N–C) groups is 1. The van der Waals surface area contributed by atoms with E-state index in [1.165, 1.54) is 11.6 Å². The van der Waals surface area contributed by atoms with Gasteiger partial charge in [-0.25, -0.2) is 0 Å². The Bertz CT molecular complexity index is 1440. The van der Waals surface area contributed by atoms with Crippen LogP contribution in [0.2, 0.25) is 0 Å². The predicted molar refractivity (Wildman–Crippen MR) is 160 cm³/mol. The number of ether oxygens (including phenoxy) is 1. The maximum absolute atomic E-state index is 13.5. The van der Waals surface area contributed by atoms with Crippen LogP contribution in [0.5, 0.6) is 0 Å². The molecule has 0 amide bonds. The van der Waals surface area contributed by atoms with E-state index in [1.54, 1.807) is 38.1 Å². The van der Waals surface area contributed by atoms with Crippen molar-refractivity contribution in [2.24, 2.45) is 10.4 Å². The number of nitrogens with zero attached hydrogens (tertiary/aromatic N) is 1. The number of hydrogen-bond donors (Lipinski definition) is 2. The largest absolute Gasteiger partial charge is 0.512 e. The fourth-order valence-corrected chi connectivity index (χ4v) is 6.10. The molecule has 2 N–H and O–H groups in total. The van der Waals surface area contributed by atoms with Crippen molar-refractivity contribution >= 4 is 27.0 Å². The summed E-state index contributed by atoms with van der Waals surface area (Å²) in [5.41, 5.74) is 2.46. The number of carbonyl (C=O) groups excluding carboxylic acids is 1. The van der Waals surface area contributed by atoms with E-state index < -0.39 is 21.5 Å². The van der Waals surface area contributed by atoms with Gasteiger partial charge in [-0.2, -0.15) is 8.42 Å². The van der Waals surface area contributed by atoms with Gasteiger partial charge in [0.1, 0.15) is 12.4 Å². The summed E-state index contributed by atoms with van der Waals surface area (Å²) < 4.78 is 36.0. The third kappa shape index (κ3) is 7.50. The molecule has 2 heterocycles. The number of aliphatic hydroxyl groups excluding tert-OH is 1. The van der Waals surface area contributed by atoms with E-state index in [2.05, 4.69) is 28.8 Å². The Balaban J connectivity index is 1.61. The number of dihydropyridines is 1. The van der Waals surface area contributed by atoms with E-state index in [-0.39, 0.29) is 23.3 Å². The molecular weight excluding hydrogens is 524 g/mol. The number of nitrogens with one attached hydrogen (secondary N) is 1. The molecule has 2 aromatic carbocycles. The minimum absolute atomic E-state index is 0.0539. The zero-order chi connectivity index (χ0) is 28.8. The molecule has 7 nitrogen and oxygen atoms in total. The number of aryl methyl sites for hydroxylation is 1. The monoisotopic (exact) mass is 562 g/mol. The molecule has 0 fully saturated rings. The number of rotatable bonds is 11. The number of carbonyl (C=O) groups is 1. The molecule has 2 aliphatic heterocycles. The van der Waals surface area contributed by atoms with Crippen LogP contribution in [0.1, 0.15) is 57.6 Å². The summed E-state index contributed by atoms with van der Waals surface area (Å²) in [5.74, 6) is 0.843. The summed E-state index contributed by atoms with van der Waals surface area (Å²) in [6.45, 7) is 5.70. The fourth-order valence-electron chi connectivity index (χ4n) is 4.95. The Labute approximate surface area is 237 Å². The van der Waals surface area contributed by atoms with Gasteiger partial charge < -0.3 is 14.6 Å². The van der Waals surface area contributed by atoms with E-state index >= 15 is 0 Å². The second kappa shape index (κ2) is 12.7. The first-order valence-electron chi connectivity index (χ1n) is 13.8. The maximum atomic E-state index is 13.5. The highest BCUT2D eigenvalue weighted by Crippen LogP contribution is 2.33. The topological polar surface area (TPSA) is 105 Å². The van der Waals surface area contributed by atoms with Crippen LogP contribution in [0.4, 0.5) is 5.69 Å². The van der Waals surface area contributed by atoms with Crippen LogP contribution >= 0.6 is 0 Å². The summed E-state index contributed by atoms with van der Waals surface area (Å²) in [6, 6.07) is 16.6. The van der Waals surface area contributed by atoms with Gasteiger partial charge in [-0.1, -0.05) is 75.4 Å². The van der Waals surface area contributed by atoms with Gasteiger partial charge in [-0.05, 0) is 54.5 Å². The Morgan fingerprint density at radius 2 is 1.80 bits per heavy atom. The first-order valence-corrected chi connectivity index (χ1v) is 15.2. The van der Waals surface area contributed by atoms with E-state index in [4.69, 9.17) is 4.74 Å². The normalized spacial score (nSPS) is 19.5. The molecule has 0 aliphatic carbocycles. The Hall–Kier alpha value is -3.65. The van der Waals surface area contributed by atoms with Crippen LogP contribution in [0.3, 0.4) is 0 Å². The molecule has 0 radical (unpaired) electrons. The van der Waals surface area contributed by atoms with Crippen LogP contribution in [-0.4, -0.2) is 37.0 Å². The second-order valence-corrected chi connectivity index (χ2v) is 12.7. The highest BCUT2D eigenvalue weighted by atomic mass is 32.2. The number of sulfonamides is 1. The minimum Gasteiger partial charge on any atom is -0.512 e. The van der Waals surface area contributed by atoms with Crippen LogP contribution in [0.25, 0.3) is 0 Å². The van der Waals surface area contributed by atoms with Gasteiger partial charge >= 0.3 is 0 Å². The summed E-state index contributed by atoms with van der Waals surface area (Å²) in [6.07, 6.45) is 9.51. The van der Waals surface area contributed by atoms with Gasteiger partial charge in [0.25, 0.3) is 10.0 Å². The number of anilines is 1. The lowest BCUT2D eigenvalue weighted by molar-refractivity contribution is -0.114. The maximum Gasteiger partial charge on any atom is 0.279 e. The number of aldehydes is 1. The minimum atomic E-state index is -4.13. The number of aliphatic hydroxyl groups is 1. The van der Waals surface area contributed by atoms with Gasteiger partial charge in [-0.15, -0.1) is 0 Å². The zero-order valence-electron chi connectivity index (χ0n) is 23.3. The molecule has 0 saturated heterocycles. The van der Waals surface area contributed by atoms with Gasteiger partial charge in [0.15, 0.2) is 5.04 Å². The van der Waals surface area contributed by atoms with E-state index in [0.717, 1.165) is 36.9 Å². The molecule has 8 heteroatoms. The molecule has 212 valence electrons. The summed E-state index contributed by atoms with van der Waals surface area (Å²) >= 11 is 0. The molecule has 4 rings (SSSR count). The standard InChI is InChI=1S/C32H38N2O5S/c1-4-10-26-16-17-27(30(39-26)18-15-23-11-6-5-7-12-23)29-19-25(36)20-31(33-29)40(37,38)34-28-14-9-8-13-24(28)21-32(2,3)22-35/h5-9,11-14,16-17,20,22,29-30,34,36H,4,10,15,18-19,21H2,1-3H3.